The summed E-state index contributed by atoms with van der Waals surface area (Å²) in [6.45, 7) is 4.73. The van der Waals surface area contributed by atoms with Crippen LogP contribution in [0.25, 0.3) is 16.3 Å². The summed E-state index contributed by atoms with van der Waals surface area (Å²) in [7, 11) is 0. The molecule has 7 rings (SSSR count). The van der Waals surface area contributed by atoms with E-state index in [0.29, 0.717) is 0 Å². The summed E-state index contributed by atoms with van der Waals surface area (Å²) in [4.78, 5) is 0. The van der Waals surface area contributed by atoms with E-state index in [9.17, 15) is 105 Å². The third kappa shape index (κ3) is 12.9. The third-order valence-electron chi connectivity index (χ3n) is 11.5. The zero-order chi connectivity index (χ0) is 56.3. The van der Waals surface area contributed by atoms with Crippen LogP contribution in [0.3, 0.4) is 0 Å². The van der Waals surface area contributed by atoms with Gasteiger partial charge in [0, 0.05) is 11.6 Å². The van der Waals surface area contributed by atoms with Crippen molar-refractivity contribution in [2.24, 2.45) is 0 Å². The van der Waals surface area contributed by atoms with E-state index in [1.807, 2.05) is 6.08 Å². The summed E-state index contributed by atoms with van der Waals surface area (Å²) in [6, 6.07) is 8.21. The van der Waals surface area contributed by atoms with E-state index in [2.05, 4.69) is 65.2 Å². The predicted octanol–water partition coefficient (Wildman–Crippen LogP) is 15.1. The Hall–Kier alpha value is -6.67. The summed E-state index contributed by atoms with van der Waals surface area (Å²) in [5.74, 6) is 0. The van der Waals surface area contributed by atoms with Gasteiger partial charge in [-0.05, 0) is 42.0 Å². The van der Waals surface area contributed by atoms with Crippen molar-refractivity contribution in [2.45, 2.75) is 56.0 Å². The van der Waals surface area contributed by atoms with Gasteiger partial charge in [-0.15, -0.1) is 0 Å². The number of rotatable bonds is 7. The van der Waals surface area contributed by atoms with Crippen LogP contribution >= 0.6 is 11.3 Å². The minimum atomic E-state index is -6.13. The van der Waals surface area contributed by atoms with Crippen LogP contribution in [0.5, 0.6) is 0 Å². The van der Waals surface area contributed by atoms with Crippen LogP contribution in [0.15, 0.2) is 133 Å². The van der Waals surface area contributed by atoms with E-state index in [1.165, 1.54) is 21.3 Å². The number of benzene rings is 6. The van der Waals surface area contributed by atoms with E-state index in [1.54, 1.807) is 11.3 Å². The molecule has 0 atom stereocenters. The standard InChI is InChI=1S/C32H12BF24.C16H14NS/c34-25(35,36)13-1-14(26(37,38)39)6-21(5-13)33(22-7-15(27(40,41)42)2-16(8-22)28(43,44)45,23-9-17(29(46,47)48)3-18(10-23)30(49,50)51)24-11-19(31(52,53)54)4-20(12-24)32(55,56)57;1-2-13-8-9-15-16(10-13)18-12-17(15)11-14-6-4-3-5-7-14/h1-12H;2-10,12H,1,11H2/q-1;+1. The lowest BCUT2D eigenvalue weighted by Crippen LogP contribution is -2.75. The van der Waals surface area contributed by atoms with Crippen molar-refractivity contribution in [1.29, 1.82) is 0 Å². The van der Waals surface area contributed by atoms with Gasteiger partial charge in [0.15, 0.2) is 6.54 Å². The molecule has 0 saturated heterocycles. The van der Waals surface area contributed by atoms with Crippen LogP contribution in [0, 0.1) is 0 Å². The fourth-order valence-corrected chi connectivity index (χ4v) is 9.08. The Labute approximate surface area is 409 Å². The molecule has 0 radical (unpaired) electrons. The molecule has 75 heavy (non-hydrogen) atoms. The zero-order valence-corrected chi connectivity index (χ0v) is 37.4. The topological polar surface area (TPSA) is 3.88 Å². The molecule has 0 unspecified atom stereocenters. The molecule has 0 fully saturated rings. The molecule has 0 N–H and O–H groups in total. The van der Waals surface area contributed by atoms with E-state index in [0.717, 1.165) is 6.54 Å². The van der Waals surface area contributed by atoms with Gasteiger partial charge in [0.2, 0.25) is 11.0 Å². The van der Waals surface area contributed by atoms with Gasteiger partial charge in [-0.25, -0.2) is 0 Å². The van der Waals surface area contributed by atoms with Crippen LogP contribution < -0.4 is 26.4 Å². The molecule has 0 amide bonds. The van der Waals surface area contributed by atoms with Crippen LogP contribution in [-0.4, -0.2) is 6.15 Å². The second-order valence-electron chi connectivity index (χ2n) is 16.5. The van der Waals surface area contributed by atoms with Crippen molar-refractivity contribution in [1.82, 2.24) is 0 Å². The summed E-state index contributed by atoms with van der Waals surface area (Å²) in [5, 5.41) is 0. The lowest BCUT2D eigenvalue weighted by atomic mass is 9.12. The van der Waals surface area contributed by atoms with Crippen molar-refractivity contribution < 1.29 is 110 Å². The highest BCUT2D eigenvalue weighted by molar-refractivity contribution is 7.20. The van der Waals surface area contributed by atoms with Gasteiger partial charge in [-0.1, -0.05) is 103 Å². The number of fused-ring (bicyclic) bond motifs is 1. The summed E-state index contributed by atoms with van der Waals surface area (Å²) in [5.41, 5.74) is -24.2. The molecule has 1 aromatic heterocycles. The zero-order valence-electron chi connectivity index (χ0n) is 36.6. The summed E-state index contributed by atoms with van der Waals surface area (Å²) < 4.78 is 344. The summed E-state index contributed by atoms with van der Waals surface area (Å²) >= 11 is 1.78. The number of halogens is 24. The van der Waals surface area contributed by atoms with Crippen molar-refractivity contribution in [2.75, 3.05) is 0 Å². The van der Waals surface area contributed by atoms with Crippen LogP contribution in [0.1, 0.15) is 55.6 Å². The smallest absolute Gasteiger partial charge is 0.194 e. The predicted molar refractivity (Wildman–Crippen MR) is 228 cm³/mol. The molecule has 0 bridgehead atoms. The Balaban J connectivity index is 0.000000421. The Kier molecular flexibility index (Phi) is 15.2. The fourth-order valence-electron chi connectivity index (χ4n) is 8.14. The Bertz CT molecular complexity index is 2770. The average Bonchev–Trinajstić information content (AvgIpc) is 3.68. The van der Waals surface area contributed by atoms with Gasteiger partial charge in [0.05, 0.1) is 44.5 Å². The second kappa shape index (κ2) is 19.8. The maximum Gasteiger partial charge on any atom is 0.416 e. The maximum atomic E-state index is 14.2. The number of aromatic nitrogens is 1. The molecule has 7 aromatic rings. The minimum absolute atomic E-state index is 0.691. The number of hydrogen-bond acceptors (Lipinski definition) is 1. The molecule has 27 heteroatoms. The first kappa shape index (κ1) is 57.6. The average molecular weight is 1120 g/mol. The maximum absolute atomic E-state index is 14.2. The fraction of sp³-hybridized carbons (Fsp3) is 0.188. The minimum Gasteiger partial charge on any atom is -0.194 e. The molecule has 6 aromatic carbocycles. The van der Waals surface area contributed by atoms with Gasteiger partial charge >= 0.3 is 49.4 Å². The molecule has 0 saturated carbocycles. The molecule has 0 aliphatic rings. The van der Waals surface area contributed by atoms with E-state index >= 15 is 0 Å². The van der Waals surface area contributed by atoms with Gasteiger partial charge < -0.3 is 0 Å². The van der Waals surface area contributed by atoms with Crippen LogP contribution in [0.2, 0.25) is 0 Å². The van der Waals surface area contributed by atoms with Gasteiger partial charge in [0.25, 0.3) is 0 Å². The molecular formula is C48H26BF24NS. The van der Waals surface area contributed by atoms with Crippen molar-refractivity contribution >= 4 is 55.6 Å². The van der Waals surface area contributed by atoms with E-state index in [4.69, 9.17) is 0 Å². The van der Waals surface area contributed by atoms with Crippen molar-refractivity contribution in [3.05, 3.63) is 189 Å². The molecule has 1 nitrogen and oxygen atoms in total. The number of hydrogen-bond donors (Lipinski definition) is 0. The van der Waals surface area contributed by atoms with Crippen LogP contribution in [-0.2, 0) is 56.0 Å². The normalized spacial score (nSPS) is 13.4. The first-order valence-corrected chi connectivity index (χ1v) is 21.4. The third-order valence-corrected chi connectivity index (χ3v) is 12.4. The Morgan fingerprint density at radius 3 is 0.907 bits per heavy atom. The molecule has 1 heterocycles. The number of alkyl halides is 24. The molecule has 400 valence electrons. The molecule has 0 aliphatic heterocycles. The molecule has 0 spiro atoms. The Morgan fingerprint density at radius 2 is 0.653 bits per heavy atom. The monoisotopic (exact) mass is 1120 g/mol. The van der Waals surface area contributed by atoms with E-state index < -0.39 is 195 Å². The quantitative estimate of drug-likeness (QED) is 0.0851. The number of thiazole rings is 1. The largest absolute Gasteiger partial charge is 0.416 e. The van der Waals surface area contributed by atoms with Gasteiger partial charge in [-0.2, -0.15) is 132 Å². The highest BCUT2D eigenvalue weighted by Crippen LogP contribution is 2.41. The van der Waals surface area contributed by atoms with E-state index in [-0.39, 0.29) is 0 Å². The van der Waals surface area contributed by atoms with Crippen molar-refractivity contribution in [3.8, 4) is 0 Å². The highest BCUT2D eigenvalue weighted by atomic mass is 32.1. The lowest BCUT2D eigenvalue weighted by molar-refractivity contribution is -0.658. The molecule has 0 aliphatic carbocycles. The lowest BCUT2D eigenvalue weighted by Gasteiger charge is -2.46. The molecular weight excluding hydrogens is 1090 g/mol. The van der Waals surface area contributed by atoms with Crippen molar-refractivity contribution in [3.63, 3.8) is 0 Å². The van der Waals surface area contributed by atoms with Gasteiger partial charge in [-0.3, -0.25) is 0 Å². The first-order chi connectivity index (χ1) is 34.1. The second-order valence-corrected chi connectivity index (χ2v) is 17.4. The summed E-state index contributed by atoms with van der Waals surface area (Å²) in [6.07, 6.45) is -52.9. The first-order valence-electron chi connectivity index (χ1n) is 20.6. The highest BCUT2D eigenvalue weighted by Gasteiger charge is 2.47. The Morgan fingerprint density at radius 1 is 0.373 bits per heavy atom. The van der Waals surface area contributed by atoms with Gasteiger partial charge in [0.1, 0.15) is 10.8 Å². The van der Waals surface area contributed by atoms with Crippen LogP contribution in [0.4, 0.5) is 105 Å². The SMILES string of the molecule is C=Cc1ccc2c(c1)sc[n+]2Cc1ccccc1.FC(F)(F)c1cc([B-](c2cc(C(F)(F)F)cc(C(F)(F)F)c2)(c2cc(C(F)(F)F)cc(C(F)(F)F)c2)c2cc(C(F)(F)F)cc(C(F)(F)F)c2)cc(C(F)(F)F)c1. The number of nitrogens with zero attached hydrogens (tertiary/aromatic N) is 1.